The smallest absolute Gasteiger partial charge is 0.340 e. The van der Waals surface area contributed by atoms with Crippen molar-refractivity contribution in [1.82, 2.24) is 5.32 Å². The molecular formula is C25H44N2O6. The molecule has 1 aliphatic carbocycles. The van der Waals surface area contributed by atoms with Gasteiger partial charge in [0.1, 0.15) is 6.61 Å². The number of carbonyl (C=O) groups excluding carboxylic acids is 1. The van der Waals surface area contributed by atoms with Crippen molar-refractivity contribution in [3.05, 3.63) is 22.9 Å². The number of hydrogen-bond donors (Lipinski definition) is 1. The average Bonchev–Trinajstić information content (AvgIpc) is 2.81. The number of rotatable bonds is 17. The Bertz CT molecular complexity index is 647. The van der Waals surface area contributed by atoms with Crippen LogP contribution in [-0.4, -0.2) is 84.2 Å². The van der Waals surface area contributed by atoms with Gasteiger partial charge in [0.05, 0.1) is 37.1 Å². The van der Waals surface area contributed by atoms with Crippen LogP contribution >= 0.6 is 0 Å². The third-order valence-corrected chi connectivity index (χ3v) is 5.07. The maximum atomic E-state index is 12.8. The SMILES string of the molecule is CCOC(C)COC(C)COC(C)COC(=O)C(/C=N/C)=C1\C=C(NCCCOC)CCC1. The predicted octanol–water partition coefficient (Wildman–Crippen LogP) is 3.46. The van der Waals surface area contributed by atoms with Gasteiger partial charge in [-0.2, -0.15) is 0 Å². The van der Waals surface area contributed by atoms with Crippen LogP contribution in [0.3, 0.4) is 0 Å². The summed E-state index contributed by atoms with van der Waals surface area (Å²) in [5.74, 6) is -0.377. The van der Waals surface area contributed by atoms with Gasteiger partial charge in [0, 0.05) is 45.8 Å². The van der Waals surface area contributed by atoms with Crippen molar-refractivity contribution < 1.29 is 28.5 Å². The highest BCUT2D eigenvalue weighted by Gasteiger charge is 2.19. The third-order valence-electron chi connectivity index (χ3n) is 5.07. The molecule has 0 spiro atoms. The number of hydrogen-bond acceptors (Lipinski definition) is 8. The van der Waals surface area contributed by atoms with E-state index >= 15 is 0 Å². The fourth-order valence-electron chi connectivity index (χ4n) is 3.34. The quantitative estimate of drug-likeness (QED) is 0.151. The maximum absolute atomic E-state index is 12.8. The topological polar surface area (TPSA) is 87.6 Å². The van der Waals surface area contributed by atoms with Crippen molar-refractivity contribution in [2.45, 2.75) is 71.7 Å². The molecule has 8 nitrogen and oxygen atoms in total. The first-order chi connectivity index (χ1) is 15.9. The second-order valence-electron chi connectivity index (χ2n) is 8.27. The molecule has 0 saturated heterocycles. The Hall–Kier alpha value is -1.74. The van der Waals surface area contributed by atoms with Crippen LogP contribution in [0.15, 0.2) is 27.9 Å². The fourth-order valence-corrected chi connectivity index (χ4v) is 3.34. The fraction of sp³-hybridized carbons (Fsp3) is 0.760. The van der Waals surface area contributed by atoms with Crippen molar-refractivity contribution in [3.63, 3.8) is 0 Å². The van der Waals surface area contributed by atoms with Crippen molar-refractivity contribution in [2.75, 3.05) is 53.7 Å². The Kier molecular flexibility index (Phi) is 15.7. The number of allylic oxidation sites excluding steroid dienone is 3. The van der Waals surface area contributed by atoms with E-state index in [-0.39, 0.29) is 30.9 Å². The first kappa shape index (κ1) is 29.3. The lowest BCUT2D eigenvalue weighted by Gasteiger charge is -2.20. The molecule has 33 heavy (non-hydrogen) atoms. The molecule has 0 saturated carbocycles. The van der Waals surface area contributed by atoms with Crippen LogP contribution in [0, 0.1) is 0 Å². The molecule has 8 heteroatoms. The lowest BCUT2D eigenvalue weighted by atomic mass is 9.95. The highest BCUT2D eigenvalue weighted by molar-refractivity contribution is 6.10. The van der Waals surface area contributed by atoms with Crippen LogP contribution in [0.2, 0.25) is 0 Å². The number of nitrogens with zero attached hydrogens (tertiary/aromatic N) is 1. The van der Waals surface area contributed by atoms with Gasteiger partial charge in [-0.3, -0.25) is 4.99 Å². The normalized spacial score (nSPS) is 18.5. The number of ether oxygens (including phenoxy) is 5. The lowest BCUT2D eigenvalue weighted by molar-refractivity contribution is -0.143. The summed E-state index contributed by atoms with van der Waals surface area (Å²) in [5, 5.41) is 3.43. The summed E-state index contributed by atoms with van der Waals surface area (Å²) in [7, 11) is 3.36. The van der Waals surface area contributed by atoms with E-state index in [1.807, 2.05) is 27.7 Å². The van der Waals surface area contributed by atoms with Crippen LogP contribution in [0.1, 0.15) is 53.4 Å². The molecule has 0 aromatic rings. The van der Waals surface area contributed by atoms with Gasteiger partial charge in [-0.05, 0) is 65.0 Å². The number of carbonyl (C=O) groups is 1. The Morgan fingerprint density at radius 1 is 1.09 bits per heavy atom. The summed E-state index contributed by atoms with van der Waals surface area (Å²) < 4.78 is 27.6. The van der Waals surface area contributed by atoms with Crippen LogP contribution in [0.25, 0.3) is 0 Å². The molecule has 0 aromatic carbocycles. The van der Waals surface area contributed by atoms with E-state index in [1.165, 1.54) is 0 Å². The Morgan fingerprint density at radius 3 is 2.39 bits per heavy atom. The minimum Gasteiger partial charge on any atom is -0.459 e. The summed E-state index contributed by atoms with van der Waals surface area (Å²) in [4.78, 5) is 16.9. The van der Waals surface area contributed by atoms with Gasteiger partial charge >= 0.3 is 5.97 Å². The monoisotopic (exact) mass is 468 g/mol. The van der Waals surface area contributed by atoms with E-state index in [1.54, 1.807) is 20.4 Å². The van der Waals surface area contributed by atoms with E-state index in [0.717, 1.165) is 50.1 Å². The summed E-state index contributed by atoms with van der Waals surface area (Å²) in [5.41, 5.74) is 2.58. The molecule has 190 valence electrons. The van der Waals surface area contributed by atoms with Gasteiger partial charge in [0.2, 0.25) is 0 Å². The molecule has 3 unspecified atom stereocenters. The number of methoxy groups -OCH3 is 1. The van der Waals surface area contributed by atoms with E-state index in [9.17, 15) is 4.79 Å². The van der Waals surface area contributed by atoms with E-state index in [0.29, 0.717) is 25.4 Å². The largest absolute Gasteiger partial charge is 0.459 e. The summed E-state index contributed by atoms with van der Waals surface area (Å²) in [6.45, 7) is 11.1. The molecule has 1 aliphatic rings. The van der Waals surface area contributed by atoms with Gasteiger partial charge in [0.25, 0.3) is 0 Å². The first-order valence-electron chi connectivity index (χ1n) is 12.0. The van der Waals surface area contributed by atoms with Crippen LogP contribution < -0.4 is 5.32 Å². The maximum Gasteiger partial charge on any atom is 0.340 e. The summed E-state index contributed by atoms with van der Waals surface area (Å²) >= 11 is 0. The number of aliphatic imine (C=N–C) groups is 1. The second-order valence-corrected chi connectivity index (χ2v) is 8.27. The minimum absolute atomic E-state index is 0.0532. The van der Waals surface area contributed by atoms with Gasteiger partial charge in [0.15, 0.2) is 0 Å². The van der Waals surface area contributed by atoms with E-state index in [2.05, 4.69) is 16.4 Å². The molecule has 1 rings (SSSR count). The molecule has 1 N–H and O–H groups in total. The highest BCUT2D eigenvalue weighted by Crippen LogP contribution is 2.24. The molecule has 0 bridgehead atoms. The van der Waals surface area contributed by atoms with Gasteiger partial charge < -0.3 is 29.0 Å². The van der Waals surface area contributed by atoms with E-state index < -0.39 is 0 Å². The summed E-state index contributed by atoms with van der Waals surface area (Å²) in [6, 6.07) is 0. The van der Waals surface area contributed by atoms with Crippen molar-refractivity contribution in [3.8, 4) is 0 Å². The molecule has 0 aromatic heterocycles. The van der Waals surface area contributed by atoms with Crippen molar-refractivity contribution in [1.29, 1.82) is 0 Å². The molecular weight excluding hydrogens is 424 g/mol. The molecule has 0 fully saturated rings. The zero-order chi connectivity index (χ0) is 24.5. The third kappa shape index (κ3) is 12.9. The predicted molar refractivity (Wildman–Crippen MR) is 131 cm³/mol. The first-order valence-corrected chi connectivity index (χ1v) is 12.0. The van der Waals surface area contributed by atoms with Gasteiger partial charge in [-0.25, -0.2) is 4.79 Å². The molecule has 0 radical (unpaired) electrons. The standard InChI is InChI=1S/C25H44N2O6/c1-7-30-19(2)16-31-20(3)17-32-21(4)18-33-25(28)24(15-26-5)22-10-8-11-23(14-22)27-12-9-13-29-6/h14-15,19-21,27H,7-13,16-18H2,1-6H3/b24-22-,26-15+. The number of esters is 1. The molecule has 3 atom stereocenters. The minimum atomic E-state index is -0.377. The van der Waals surface area contributed by atoms with Crippen molar-refractivity contribution >= 4 is 12.2 Å². The Balaban J connectivity index is 2.54. The second kappa shape index (κ2) is 17.7. The van der Waals surface area contributed by atoms with Crippen LogP contribution in [0.4, 0.5) is 0 Å². The van der Waals surface area contributed by atoms with Crippen molar-refractivity contribution in [2.24, 2.45) is 4.99 Å². The Morgan fingerprint density at radius 2 is 1.76 bits per heavy atom. The zero-order valence-corrected chi connectivity index (χ0v) is 21.4. The van der Waals surface area contributed by atoms with Gasteiger partial charge in [-0.15, -0.1) is 0 Å². The molecule has 0 aliphatic heterocycles. The Labute approximate surface area is 199 Å². The number of nitrogens with one attached hydrogen (secondary N) is 1. The zero-order valence-electron chi connectivity index (χ0n) is 21.4. The lowest BCUT2D eigenvalue weighted by Crippen LogP contribution is -2.27. The van der Waals surface area contributed by atoms with Gasteiger partial charge in [-0.1, -0.05) is 0 Å². The van der Waals surface area contributed by atoms with Crippen LogP contribution in [-0.2, 0) is 28.5 Å². The average molecular weight is 469 g/mol. The molecule has 0 heterocycles. The van der Waals surface area contributed by atoms with Crippen LogP contribution in [0.5, 0.6) is 0 Å². The van der Waals surface area contributed by atoms with E-state index in [4.69, 9.17) is 23.7 Å². The summed E-state index contributed by atoms with van der Waals surface area (Å²) in [6.07, 6.45) is 7.08. The highest BCUT2D eigenvalue weighted by atomic mass is 16.6. The molecule has 0 amide bonds.